The van der Waals surface area contributed by atoms with E-state index in [9.17, 15) is 20.1 Å². The largest absolute Gasteiger partial charge is 1.00 e. The van der Waals surface area contributed by atoms with Gasteiger partial charge in [-0.25, -0.2) is 15.1 Å². The van der Waals surface area contributed by atoms with Crippen LogP contribution in [0, 0.1) is 29.2 Å². The van der Waals surface area contributed by atoms with Crippen molar-refractivity contribution in [3.63, 3.8) is 0 Å². The molecule has 1 amide bonds. The smallest absolute Gasteiger partial charge is 1.00 e. The van der Waals surface area contributed by atoms with Crippen LogP contribution in [0.1, 0.15) is 76.1 Å². The Labute approximate surface area is 456 Å². The molecule has 2 unspecified atom stereocenters. The van der Waals surface area contributed by atoms with E-state index >= 15 is 0 Å². The standard InChI is InChI=1S/2C25H18N2O2.CH2O3.2K.H/c1-3-14(2)15-7-9-16(10-8-15)29-21-12-11-19-22-17(21)5-4-6-18(22)23-20(13-26)25(28)27-24(19)23;1-4-15(2)16-8-10-17(11-9-16)29-22-13-12-20-23-18(22)6-5-7-19(23)24(25(20)28)21(14-26)27-3;2-1-4-3;;;/h4-12,14H,3H2,1-2H3;5-13,15H,4H2,1-2H3;1,3H;;;/q;;;2*+1;-1/p-1/b;24-21-;;;;. The van der Waals surface area contributed by atoms with Crippen LogP contribution in [0.2, 0.25) is 0 Å². The molecule has 0 N–H and O–H groups in total. The summed E-state index contributed by atoms with van der Waals surface area (Å²) in [4.78, 5) is 43.5. The second kappa shape index (κ2) is 22.3. The first kappa shape index (κ1) is 50.1. The van der Waals surface area contributed by atoms with E-state index < -0.39 is 5.91 Å². The molecule has 0 spiro atoms. The van der Waals surface area contributed by atoms with Crippen LogP contribution in [-0.4, -0.2) is 18.1 Å². The number of amides is 1. The summed E-state index contributed by atoms with van der Waals surface area (Å²) in [7, 11) is 0. The van der Waals surface area contributed by atoms with Gasteiger partial charge in [0.2, 0.25) is 0 Å². The third kappa shape index (κ3) is 9.70. The number of carbonyl (C=O) groups is 2. The Bertz CT molecular complexity index is 3210. The Morgan fingerprint density at radius 3 is 1.77 bits per heavy atom. The fraction of sp³-hybridized carbons (Fsp3) is 0.157. The van der Waals surface area contributed by atoms with Crippen molar-refractivity contribution in [2.24, 2.45) is 4.99 Å². The van der Waals surface area contributed by atoms with Gasteiger partial charge in [0.25, 0.3) is 18.1 Å². The predicted octanol–water partition coefficient (Wildman–Crippen LogP) is 3.69. The number of hydrogen-bond acceptors (Lipinski definition) is 9. The molecule has 306 valence electrons. The first-order valence-corrected chi connectivity index (χ1v) is 19.9. The van der Waals surface area contributed by atoms with Gasteiger partial charge in [-0.2, -0.15) is 5.26 Å². The molecule has 11 nitrogen and oxygen atoms in total. The molecule has 7 aromatic rings. The average Bonchev–Trinajstić information content (AvgIpc) is 3.92. The monoisotopic (exact) mass is 896 g/mol. The number of nitriles is 2. The van der Waals surface area contributed by atoms with Crippen molar-refractivity contribution in [1.82, 2.24) is 0 Å². The molecule has 2 aliphatic rings. The maximum atomic E-state index is 12.8. The zero-order valence-electron chi connectivity index (χ0n) is 37.2. The Hall–Kier alpha value is -4.90. The Morgan fingerprint density at radius 1 is 0.750 bits per heavy atom. The maximum Gasteiger partial charge on any atom is 1.00 e. The number of rotatable bonds is 9. The summed E-state index contributed by atoms with van der Waals surface area (Å²) < 4.78 is 12.3. The van der Waals surface area contributed by atoms with Crippen LogP contribution < -0.4 is 128 Å². The van der Waals surface area contributed by atoms with Gasteiger partial charge in [-0.15, -0.1) is 0 Å². The van der Waals surface area contributed by atoms with Crippen LogP contribution in [0.5, 0.6) is 23.0 Å². The number of nitrogens with zero attached hydrogens (tertiary/aromatic N) is 4. The van der Waals surface area contributed by atoms with Gasteiger partial charge in [-0.3, -0.25) is 14.4 Å². The number of aliphatic imine (C=N–C) groups is 1. The van der Waals surface area contributed by atoms with Crippen molar-refractivity contribution >= 4 is 61.7 Å². The van der Waals surface area contributed by atoms with Crippen LogP contribution in [0.15, 0.2) is 125 Å². The molecular formula is C51H38K2N4O7. The van der Waals surface area contributed by atoms with E-state index in [1.54, 1.807) is 18.2 Å². The van der Waals surface area contributed by atoms with Crippen molar-refractivity contribution in [2.75, 3.05) is 0 Å². The molecule has 1 aliphatic carbocycles. The molecule has 2 atom stereocenters. The molecular weight excluding hydrogens is 859 g/mol. The minimum Gasteiger partial charge on any atom is -1.00 e. The molecule has 0 saturated heterocycles. The van der Waals surface area contributed by atoms with Crippen LogP contribution >= 0.6 is 0 Å². The first-order chi connectivity index (χ1) is 30.1. The van der Waals surface area contributed by atoms with Gasteiger partial charge in [-0.1, -0.05) is 88.4 Å². The van der Waals surface area contributed by atoms with Crippen molar-refractivity contribution in [3.05, 3.63) is 164 Å². The van der Waals surface area contributed by atoms with E-state index in [0.29, 0.717) is 39.6 Å². The summed E-state index contributed by atoms with van der Waals surface area (Å²) in [6.07, 6.45) is 2.18. The molecule has 1 aliphatic heterocycles. The van der Waals surface area contributed by atoms with Gasteiger partial charge in [0.15, 0.2) is 5.43 Å². The van der Waals surface area contributed by atoms with Gasteiger partial charge in [0.05, 0.1) is 18.4 Å². The van der Waals surface area contributed by atoms with Gasteiger partial charge in [-0.05, 0) is 95.3 Å². The quantitative estimate of drug-likeness (QED) is 0.0691. The van der Waals surface area contributed by atoms with Gasteiger partial charge < -0.3 is 21.0 Å². The van der Waals surface area contributed by atoms with Crippen molar-refractivity contribution in [3.8, 4) is 35.1 Å². The third-order valence-corrected chi connectivity index (χ3v) is 11.4. The molecule has 0 fully saturated rings. The summed E-state index contributed by atoms with van der Waals surface area (Å²) in [6, 6.07) is 38.8. The summed E-state index contributed by atoms with van der Waals surface area (Å²) in [5, 5.41) is 31.9. The predicted molar refractivity (Wildman–Crippen MR) is 236 cm³/mol. The Kier molecular flexibility index (Phi) is 17.5. The first-order valence-electron chi connectivity index (χ1n) is 19.9. The van der Waals surface area contributed by atoms with E-state index in [0.717, 1.165) is 62.8 Å². The molecule has 7 aromatic carbocycles. The summed E-state index contributed by atoms with van der Waals surface area (Å²) >= 11 is 0. The molecule has 13 heteroatoms. The molecule has 64 heavy (non-hydrogen) atoms. The molecule has 0 aromatic heterocycles. The van der Waals surface area contributed by atoms with E-state index in [1.807, 2.05) is 78.9 Å². The van der Waals surface area contributed by atoms with Crippen LogP contribution in [0.3, 0.4) is 0 Å². The molecule has 0 bridgehead atoms. The Morgan fingerprint density at radius 2 is 1.27 bits per heavy atom. The van der Waals surface area contributed by atoms with E-state index in [1.165, 1.54) is 11.1 Å². The van der Waals surface area contributed by atoms with Crippen LogP contribution in [-0.2, 0) is 14.5 Å². The summed E-state index contributed by atoms with van der Waals surface area (Å²) in [5.74, 6) is 3.43. The number of fused-ring (bicyclic) bond motifs is 3. The van der Waals surface area contributed by atoms with Gasteiger partial charge in [0.1, 0.15) is 34.6 Å². The average molecular weight is 897 g/mol. The van der Waals surface area contributed by atoms with E-state index in [2.05, 4.69) is 66.7 Å². The molecule has 0 radical (unpaired) electrons. The second-order valence-electron chi connectivity index (χ2n) is 14.7. The van der Waals surface area contributed by atoms with E-state index in [4.69, 9.17) is 26.1 Å². The number of ether oxygens (including phenoxy) is 2. The minimum absolute atomic E-state index is 0. The normalized spacial score (nSPS) is 13.2. The van der Waals surface area contributed by atoms with Gasteiger partial charge in [0, 0.05) is 43.3 Å². The molecule has 0 saturated carbocycles. The minimum atomic E-state index is -0.457. The zero-order valence-corrected chi connectivity index (χ0v) is 42.4. The fourth-order valence-corrected chi connectivity index (χ4v) is 7.82. The fourth-order valence-electron chi connectivity index (χ4n) is 7.82. The van der Waals surface area contributed by atoms with Crippen molar-refractivity contribution < 1.29 is 133 Å². The maximum absolute atomic E-state index is 12.8. The van der Waals surface area contributed by atoms with Gasteiger partial charge >= 0.3 is 103 Å². The third-order valence-electron chi connectivity index (χ3n) is 11.4. The van der Waals surface area contributed by atoms with Crippen molar-refractivity contribution in [2.45, 2.75) is 52.4 Å². The molecule has 1 heterocycles. The zero-order chi connectivity index (χ0) is 44.1. The Balaban J connectivity index is 0.000000252. The summed E-state index contributed by atoms with van der Waals surface area (Å²) in [6.45, 7) is 15.8. The van der Waals surface area contributed by atoms with E-state index in [-0.39, 0.29) is 133 Å². The number of allylic oxidation sites excluding steroid dienone is 1. The number of benzene rings is 6. The van der Waals surface area contributed by atoms with Crippen molar-refractivity contribution in [1.29, 1.82) is 10.5 Å². The topological polar surface area (TPSA) is 166 Å². The second-order valence-corrected chi connectivity index (χ2v) is 14.7. The number of hydrogen-bond donors (Lipinski definition) is 0. The SMILES string of the molecule is CCC(C)c1ccc(Oc2ccc3c4c(cccc24)C2=C(C#N)C(=O)N=C23)cc1.O=CO[O-].[C-]#[N+]/C(C#N)=c1\c(=O)c2ccc(Oc3ccc(C(C)CC)cc3)c3cccc1c32.[H-].[K+].[K+]. The van der Waals surface area contributed by atoms with Crippen LogP contribution in [0.25, 0.3) is 48.4 Å². The molecule has 9 rings (SSSR count). The van der Waals surface area contributed by atoms with Crippen LogP contribution in [0.4, 0.5) is 0 Å². The summed E-state index contributed by atoms with van der Waals surface area (Å²) in [5.41, 5.74) is 5.22. The number of carbonyl (C=O) groups excluding carboxylic acids is 2.